The van der Waals surface area contributed by atoms with Gasteiger partial charge in [-0.25, -0.2) is 9.97 Å². The Balaban J connectivity index is 2.13. The van der Waals surface area contributed by atoms with Crippen LogP contribution in [0, 0.1) is 5.92 Å². The van der Waals surface area contributed by atoms with Crippen LogP contribution in [0.4, 0.5) is 5.95 Å². The molecule has 25 heavy (non-hydrogen) atoms. The first kappa shape index (κ1) is 17.2. The van der Waals surface area contributed by atoms with Crippen molar-refractivity contribution < 1.29 is 4.79 Å². The Labute approximate surface area is 145 Å². The molecule has 0 bridgehead atoms. The number of carbonyl (C=O) groups is 1. The summed E-state index contributed by atoms with van der Waals surface area (Å²) >= 11 is 0. The predicted molar refractivity (Wildman–Crippen MR) is 96.7 cm³/mol. The van der Waals surface area contributed by atoms with Crippen LogP contribution in [0.25, 0.3) is 11.2 Å². The highest BCUT2D eigenvalue weighted by Crippen LogP contribution is 2.28. The number of hydrogen-bond acceptors (Lipinski definition) is 5. The zero-order chi connectivity index (χ0) is 18.0. The maximum atomic E-state index is 12.3. The maximum Gasteiger partial charge on any atom is 0.279 e. The SMILES string of the molecule is C=C=C(C)Nc1nc2c(=O)[nH]c(C(C)=O)nc2n1CC1CCCCC1. The number of anilines is 1. The lowest BCUT2D eigenvalue weighted by molar-refractivity contribution is 0.100. The van der Waals surface area contributed by atoms with Gasteiger partial charge in [0.05, 0.1) is 5.70 Å². The van der Waals surface area contributed by atoms with E-state index < -0.39 is 5.56 Å². The second kappa shape index (κ2) is 7.07. The number of allylic oxidation sites excluding steroid dienone is 1. The molecule has 1 aliphatic rings. The summed E-state index contributed by atoms with van der Waals surface area (Å²) in [6.45, 7) is 7.55. The fourth-order valence-corrected chi connectivity index (χ4v) is 3.29. The Kier molecular flexibility index (Phi) is 4.86. The number of aromatic nitrogens is 4. The summed E-state index contributed by atoms with van der Waals surface area (Å²) < 4.78 is 1.91. The number of rotatable bonds is 5. The van der Waals surface area contributed by atoms with Crippen molar-refractivity contribution in [3.8, 4) is 0 Å². The van der Waals surface area contributed by atoms with Crippen LogP contribution in [-0.2, 0) is 6.54 Å². The predicted octanol–water partition coefficient (Wildman–Crippen LogP) is 3.00. The summed E-state index contributed by atoms with van der Waals surface area (Å²) in [5.41, 5.74) is 3.76. The number of nitrogens with zero attached hydrogens (tertiary/aromatic N) is 3. The topological polar surface area (TPSA) is 92.7 Å². The Bertz CT molecular complexity index is 911. The van der Waals surface area contributed by atoms with Crippen molar-refractivity contribution in [3.63, 3.8) is 0 Å². The van der Waals surface area contributed by atoms with Crippen molar-refractivity contribution in [2.75, 3.05) is 5.32 Å². The van der Waals surface area contributed by atoms with Gasteiger partial charge in [-0.1, -0.05) is 25.8 Å². The fourth-order valence-electron chi connectivity index (χ4n) is 3.29. The molecular formula is C18H23N5O2. The lowest BCUT2D eigenvalue weighted by atomic mass is 9.89. The van der Waals surface area contributed by atoms with Crippen molar-refractivity contribution in [3.05, 3.63) is 34.2 Å². The van der Waals surface area contributed by atoms with Gasteiger partial charge in [0, 0.05) is 13.5 Å². The molecule has 1 fully saturated rings. The van der Waals surface area contributed by atoms with Crippen molar-refractivity contribution in [1.29, 1.82) is 0 Å². The molecule has 0 atom stereocenters. The standard InChI is InChI=1S/C18H23N5O2/c1-4-11(2)19-18-20-14-16(21-15(12(3)24)22-17(14)25)23(18)10-13-8-6-5-7-9-13/h13H,1,5-10H2,2-3H3,(H,19,20)(H,21,22,25). The van der Waals surface area contributed by atoms with E-state index in [1.807, 2.05) is 11.5 Å². The van der Waals surface area contributed by atoms with Crippen LogP contribution in [0.2, 0.25) is 0 Å². The minimum absolute atomic E-state index is 0.0600. The number of Topliss-reactive ketones (excluding diaryl/α,β-unsaturated/α-hetero) is 1. The molecule has 0 saturated heterocycles. The molecule has 7 heteroatoms. The Hall–Kier alpha value is -2.66. The van der Waals surface area contributed by atoms with E-state index >= 15 is 0 Å². The van der Waals surface area contributed by atoms with E-state index in [4.69, 9.17) is 0 Å². The van der Waals surface area contributed by atoms with Gasteiger partial charge in [0.25, 0.3) is 5.56 Å². The number of fused-ring (bicyclic) bond motifs is 1. The minimum atomic E-state index is -0.402. The van der Waals surface area contributed by atoms with E-state index in [1.165, 1.54) is 26.2 Å². The summed E-state index contributed by atoms with van der Waals surface area (Å²) in [5, 5.41) is 3.13. The van der Waals surface area contributed by atoms with Crippen LogP contribution < -0.4 is 10.9 Å². The van der Waals surface area contributed by atoms with Crippen LogP contribution in [0.1, 0.15) is 56.6 Å². The molecule has 0 radical (unpaired) electrons. The van der Waals surface area contributed by atoms with Gasteiger partial charge >= 0.3 is 0 Å². The summed E-state index contributed by atoms with van der Waals surface area (Å²) in [5.74, 6) is 0.834. The van der Waals surface area contributed by atoms with Crippen molar-refractivity contribution in [1.82, 2.24) is 19.5 Å². The highest BCUT2D eigenvalue weighted by molar-refractivity contribution is 5.91. The lowest BCUT2D eigenvalue weighted by Gasteiger charge is -2.23. The summed E-state index contributed by atoms with van der Waals surface area (Å²) in [7, 11) is 0. The first-order valence-electron chi connectivity index (χ1n) is 8.64. The van der Waals surface area contributed by atoms with E-state index in [-0.39, 0.29) is 17.1 Å². The van der Waals surface area contributed by atoms with Gasteiger partial charge in [-0.3, -0.25) is 14.2 Å². The van der Waals surface area contributed by atoms with Gasteiger partial charge in [0.1, 0.15) is 0 Å². The van der Waals surface area contributed by atoms with E-state index in [9.17, 15) is 9.59 Å². The average Bonchev–Trinajstić information content (AvgIpc) is 2.94. The summed E-state index contributed by atoms with van der Waals surface area (Å²) in [6, 6.07) is 0. The number of nitrogens with one attached hydrogen (secondary N) is 2. The van der Waals surface area contributed by atoms with Gasteiger partial charge in [-0.05, 0) is 25.7 Å². The number of carbonyl (C=O) groups excluding carboxylic acids is 1. The van der Waals surface area contributed by atoms with Crippen LogP contribution in [0.15, 0.2) is 22.8 Å². The normalized spacial score (nSPS) is 15.1. The molecule has 2 heterocycles. The molecule has 0 spiro atoms. The number of H-pyrrole nitrogens is 1. The first-order chi connectivity index (χ1) is 12.0. The van der Waals surface area contributed by atoms with Crippen LogP contribution in [-0.4, -0.2) is 25.3 Å². The lowest BCUT2D eigenvalue weighted by Crippen LogP contribution is -2.18. The van der Waals surface area contributed by atoms with Gasteiger partial charge < -0.3 is 10.3 Å². The van der Waals surface area contributed by atoms with Gasteiger partial charge in [0.15, 0.2) is 22.8 Å². The third-order valence-electron chi connectivity index (χ3n) is 4.67. The van der Waals surface area contributed by atoms with Crippen LogP contribution in [0.5, 0.6) is 0 Å². The Morgan fingerprint density at radius 3 is 2.68 bits per heavy atom. The molecule has 1 saturated carbocycles. The molecule has 0 aliphatic heterocycles. The van der Waals surface area contributed by atoms with E-state index in [0.29, 0.717) is 23.2 Å². The molecule has 132 valence electrons. The summed E-state index contributed by atoms with van der Waals surface area (Å²) in [6.07, 6.45) is 6.02. The molecule has 0 unspecified atom stereocenters. The second-order valence-electron chi connectivity index (χ2n) is 6.62. The van der Waals surface area contributed by atoms with Gasteiger partial charge in [0.2, 0.25) is 5.95 Å². The third-order valence-corrected chi connectivity index (χ3v) is 4.67. The highest BCUT2D eigenvalue weighted by atomic mass is 16.1. The molecule has 3 rings (SSSR count). The Morgan fingerprint density at radius 2 is 2.04 bits per heavy atom. The molecule has 7 nitrogen and oxygen atoms in total. The molecule has 2 aromatic rings. The number of ketones is 1. The molecular weight excluding hydrogens is 318 g/mol. The van der Waals surface area contributed by atoms with Crippen LogP contribution in [0.3, 0.4) is 0 Å². The number of imidazole rings is 1. The van der Waals surface area contributed by atoms with E-state index in [2.05, 4.69) is 32.6 Å². The third kappa shape index (κ3) is 3.56. The van der Waals surface area contributed by atoms with Crippen molar-refractivity contribution >= 4 is 22.9 Å². The fraction of sp³-hybridized carbons (Fsp3) is 0.500. The van der Waals surface area contributed by atoms with E-state index in [0.717, 1.165) is 19.4 Å². The maximum absolute atomic E-state index is 12.3. The molecule has 0 amide bonds. The quantitative estimate of drug-likeness (QED) is 0.644. The molecule has 1 aliphatic carbocycles. The molecule has 2 aromatic heterocycles. The highest BCUT2D eigenvalue weighted by Gasteiger charge is 2.21. The first-order valence-corrected chi connectivity index (χ1v) is 8.64. The number of hydrogen-bond donors (Lipinski definition) is 2. The van der Waals surface area contributed by atoms with E-state index in [1.54, 1.807) is 0 Å². The zero-order valence-electron chi connectivity index (χ0n) is 14.7. The van der Waals surface area contributed by atoms with Crippen molar-refractivity contribution in [2.24, 2.45) is 5.92 Å². The number of aromatic amines is 1. The minimum Gasteiger partial charge on any atom is -0.323 e. The molecule has 2 N–H and O–H groups in total. The Morgan fingerprint density at radius 1 is 1.32 bits per heavy atom. The largest absolute Gasteiger partial charge is 0.323 e. The molecule has 0 aromatic carbocycles. The van der Waals surface area contributed by atoms with Gasteiger partial charge in [-0.2, -0.15) is 0 Å². The van der Waals surface area contributed by atoms with Crippen molar-refractivity contribution in [2.45, 2.75) is 52.5 Å². The van der Waals surface area contributed by atoms with Gasteiger partial charge in [-0.15, -0.1) is 5.73 Å². The average molecular weight is 341 g/mol. The second-order valence-corrected chi connectivity index (χ2v) is 6.62. The smallest absolute Gasteiger partial charge is 0.279 e. The van der Waals surface area contributed by atoms with Crippen LogP contribution >= 0.6 is 0 Å². The zero-order valence-corrected chi connectivity index (χ0v) is 14.7. The summed E-state index contributed by atoms with van der Waals surface area (Å²) in [4.78, 5) is 35.3. The monoisotopic (exact) mass is 341 g/mol.